The summed E-state index contributed by atoms with van der Waals surface area (Å²) in [7, 11) is 0. The third-order valence-electron chi connectivity index (χ3n) is 2.03. The third kappa shape index (κ3) is 1.94. The summed E-state index contributed by atoms with van der Waals surface area (Å²) in [6, 6.07) is 2.25. The topological polar surface area (TPSA) is 83.6 Å². The Morgan fingerprint density at radius 3 is 2.47 bits per heavy atom. The van der Waals surface area contributed by atoms with Gasteiger partial charge in [-0.15, -0.1) is 0 Å². The number of aromatic hydroxyl groups is 1. The van der Waals surface area contributed by atoms with E-state index in [0.717, 1.165) is 6.07 Å². The van der Waals surface area contributed by atoms with E-state index in [0.29, 0.717) is 12.1 Å². The van der Waals surface area contributed by atoms with Crippen LogP contribution in [0, 0.1) is 11.6 Å². The summed E-state index contributed by atoms with van der Waals surface area (Å²) in [4.78, 5) is 10.5. The van der Waals surface area contributed by atoms with E-state index >= 15 is 0 Å². The number of carboxylic acids is 1. The largest absolute Gasteiger partial charge is 0.507 e. The van der Waals surface area contributed by atoms with Crippen molar-refractivity contribution in [2.45, 2.75) is 0 Å². The molecule has 5 nitrogen and oxygen atoms in total. The number of phenols is 1. The lowest BCUT2D eigenvalue weighted by Crippen LogP contribution is -1.94. The molecule has 2 aromatic rings. The first-order valence-electron chi connectivity index (χ1n) is 4.37. The van der Waals surface area contributed by atoms with Crippen LogP contribution in [0.5, 0.6) is 5.75 Å². The maximum absolute atomic E-state index is 12.9. The highest BCUT2D eigenvalue weighted by Crippen LogP contribution is 2.31. The van der Waals surface area contributed by atoms with Crippen molar-refractivity contribution in [3.63, 3.8) is 0 Å². The van der Waals surface area contributed by atoms with Crippen molar-refractivity contribution in [2.75, 3.05) is 0 Å². The smallest absolute Gasteiger partial charge is 0.358 e. The molecular weight excluding hydrogens is 236 g/mol. The third-order valence-corrected chi connectivity index (χ3v) is 2.03. The molecule has 17 heavy (non-hydrogen) atoms. The van der Waals surface area contributed by atoms with Crippen molar-refractivity contribution < 1.29 is 28.3 Å². The molecule has 0 unspecified atom stereocenters. The molecule has 0 spiro atoms. The number of rotatable bonds is 2. The van der Waals surface area contributed by atoms with Gasteiger partial charge in [0.15, 0.2) is 23.1 Å². The van der Waals surface area contributed by atoms with Crippen LogP contribution < -0.4 is 0 Å². The number of nitrogens with zero attached hydrogens (tertiary/aromatic N) is 1. The molecule has 0 fully saturated rings. The zero-order valence-electron chi connectivity index (χ0n) is 8.15. The van der Waals surface area contributed by atoms with Crippen molar-refractivity contribution in [1.82, 2.24) is 5.16 Å². The molecule has 0 aliphatic carbocycles. The van der Waals surface area contributed by atoms with E-state index in [4.69, 9.17) is 5.11 Å². The summed E-state index contributed by atoms with van der Waals surface area (Å²) >= 11 is 0. The normalized spacial score (nSPS) is 10.5. The second-order valence-electron chi connectivity index (χ2n) is 3.17. The molecule has 0 atom stereocenters. The van der Waals surface area contributed by atoms with Crippen molar-refractivity contribution >= 4 is 5.97 Å². The van der Waals surface area contributed by atoms with Gasteiger partial charge in [0.25, 0.3) is 0 Å². The van der Waals surface area contributed by atoms with E-state index in [1.54, 1.807) is 0 Å². The number of hydrogen-bond acceptors (Lipinski definition) is 4. The van der Waals surface area contributed by atoms with Gasteiger partial charge in [-0.3, -0.25) is 0 Å². The number of phenolic OH excluding ortho intramolecular Hbond substituents is 1. The molecule has 0 saturated heterocycles. The number of benzene rings is 1. The van der Waals surface area contributed by atoms with Crippen LogP contribution >= 0.6 is 0 Å². The van der Waals surface area contributed by atoms with Gasteiger partial charge in [-0.2, -0.15) is 0 Å². The monoisotopic (exact) mass is 241 g/mol. The molecule has 0 bridgehead atoms. The molecule has 0 radical (unpaired) electrons. The molecule has 2 rings (SSSR count). The van der Waals surface area contributed by atoms with Crippen molar-refractivity contribution in [2.24, 2.45) is 0 Å². The SMILES string of the molecule is O=C(O)c1cc(-c2cc(F)c(F)cc2O)on1. The van der Waals surface area contributed by atoms with E-state index in [-0.39, 0.29) is 11.3 Å². The van der Waals surface area contributed by atoms with E-state index in [1.165, 1.54) is 0 Å². The van der Waals surface area contributed by atoms with E-state index < -0.39 is 29.0 Å². The van der Waals surface area contributed by atoms with Crippen LogP contribution in [0.1, 0.15) is 10.5 Å². The van der Waals surface area contributed by atoms with Crippen LogP contribution in [0.2, 0.25) is 0 Å². The average molecular weight is 241 g/mol. The molecule has 7 heteroatoms. The number of carboxylic acid groups (broad SMARTS) is 1. The van der Waals surface area contributed by atoms with Gasteiger partial charge < -0.3 is 14.7 Å². The lowest BCUT2D eigenvalue weighted by Gasteiger charge is -2.00. The van der Waals surface area contributed by atoms with Crippen LogP contribution in [0.3, 0.4) is 0 Å². The van der Waals surface area contributed by atoms with E-state index in [9.17, 15) is 18.7 Å². The Hall–Kier alpha value is -2.44. The molecule has 0 saturated carbocycles. The summed E-state index contributed by atoms with van der Waals surface area (Å²) in [5, 5.41) is 21.2. The summed E-state index contributed by atoms with van der Waals surface area (Å²) in [6.07, 6.45) is 0. The lowest BCUT2D eigenvalue weighted by molar-refractivity contribution is 0.0686. The summed E-state index contributed by atoms with van der Waals surface area (Å²) in [6.45, 7) is 0. The van der Waals surface area contributed by atoms with Gasteiger partial charge in [0.05, 0.1) is 5.56 Å². The first-order valence-corrected chi connectivity index (χ1v) is 4.37. The van der Waals surface area contributed by atoms with Gasteiger partial charge >= 0.3 is 5.97 Å². The van der Waals surface area contributed by atoms with Crippen LogP contribution in [0.4, 0.5) is 8.78 Å². The number of aromatic nitrogens is 1. The Balaban J connectivity index is 2.52. The zero-order valence-corrected chi connectivity index (χ0v) is 8.15. The van der Waals surface area contributed by atoms with Crippen LogP contribution in [0.25, 0.3) is 11.3 Å². The van der Waals surface area contributed by atoms with Crippen LogP contribution in [0.15, 0.2) is 22.7 Å². The minimum Gasteiger partial charge on any atom is -0.507 e. The lowest BCUT2D eigenvalue weighted by atomic mass is 10.1. The summed E-state index contributed by atoms with van der Waals surface area (Å²) in [5.74, 6) is -4.48. The Labute approximate surface area is 92.9 Å². The fraction of sp³-hybridized carbons (Fsp3) is 0. The molecule has 2 N–H and O–H groups in total. The minimum absolute atomic E-state index is 0.168. The second-order valence-corrected chi connectivity index (χ2v) is 3.17. The van der Waals surface area contributed by atoms with Gasteiger partial charge in [-0.1, -0.05) is 5.16 Å². The molecule has 1 heterocycles. The predicted octanol–water partition coefficient (Wildman–Crippen LogP) is 2.02. The number of hydrogen-bond donors (Lipinski definition) is 2. The Morgan fingerprint density at radius 2 is 1.88 bits per heavy atom. The van der Waals surface area contributed by atoms with E-state index in [1.807, 2.05) is 0 Å². The fourth-order valence-electron chi connectivity index (χ4n) is 1.24. The molecule has 1 aromatic carbocycles. The van der Waals surface area contributed by atoms with Gasteiger partial charge in [0.1, 0.15) is 5.75 Å². The summed E-state index contributed by atoms with van der Waals surface area (Å²) in [5.41, 5.74) is -0.576. The number of aromatic carboxylic acids is 1. The minimum atomic E-state index is -1.33. The van der Waals surface area contributed by atoms with Crippen LogP contribution in [-0.4, -0.2) is 21.3 Å². The Morgan fingerprint density at radius 1 is 1.24 bits per heavy atom. The first kappa shape index (κ1) is 11.1. The molecule has 88 valence electrons. The standard InChI is InChI=1S/C10H5F2NO4/c11-5-1-4(8(14)2-6(5)12)9-3-7(10(15)16)13-17-9/h1-3,14H,(H,15,16). The van der Waals surface area contributed by atoms with Crippen molar-refractivity contribution in [3.05, 3.63) is 35.5 Å². The van der Waals surface area contributed by atoms with Crippen LogP contribution in [-0.2, 0) is 0 Å². The average Bonchev–Trinajstić information content (AvgIpc) is 2.72. The van der Waals surface area contributed by atoms with Gasteiger partial charge in [0, 0.05) is 12.1 Å². The fourth-order valence-corrected chi connectivity index (χ4v) is 1.24. The predicted molar refractivity (Wildman–Crippen MR) is 50.5 cm³/mol. The van der Waals surface area contributed by atoms with Crippen molar-refractivity contribution in [3.8, 4) is 17.1 Å². The summed E-state index contributed by atoms with van der Waals surface area (Å²) < 4.78 is 30.3. The Kier molecular flexibility index (Phi) is 2.51. The van der Waals surface area contributed by atoms with Gasteiger partial charge in [0.2, 0.25) is 0 Å². The Bertz CT molecular complexity index is 594. The molecule has 0 aliphatic rings. The molecule has 0 amide bonds. The zero-order chi connectivity index (χ0) is 12.6. The second kappa shape index (κ2) is 3.85. The van der Waals surface area contributed by atoms with E-state index in [2.05, 4.69) is 9.68 Å². The highest BCUT2D eigenvalue weighted by molar-refractivity contribution is 5.86. The molecular formula is C10H5F2NO4. The van der Waals surface area contributed by atoms with Crippen molar-refractivity contribution in [1.29, 1.82) is 0 Å². The number of halogens is 2. The highest BCUT2D eigenvalue weighted by Gasteiger charge is 2.17. The number of carbonyl (C=O) groups is 1. The first-order chi connectivity index (χ1) is 7.99. The molecule has 1 aromatic heterocycles. The maximum Gasteiger partial charge on any atom is 0.358 e. The quantitative estimate of drug-likeness (QED) is 0.840. The molecule has 0 aliphatic heterocycles. The highest BCUT2D eigenvalue weighted by atomic mass is 19.2. The maximum atomic E-state index is 12.9. The van der Waals surface area contributed by atoms with Gasteiger partial charge in [-0.25, -0.2) is 13.6 Å². The van der Waals surface area contributed by atoms with Gasteiger partial charge in [-0.05, 0) is 6.07 Å².